The summed E-state index contributed by atoms with van der Waals surface area (Å²) in [5, 5.41) is 2.78. The molecule has 1 aromatic carbocycles. The van der Waals surface area contributed by atoms with Crippen molar-refractivity contribution in [3.05, 3.63) is 32.2 Å². The predicted molar refractivity (Wildman–Crippen MR) is 47.3 cm³/mol. The summed E-state index contributed by atoms with van der Waals surface area (Å²) >= 11 is 2.35. The minimum atomic E-state index is 1.35. The van der Waals surface area contributed by atoms with Gasteiger partial charge in [-0.3, -0.25) is 0 Å². The van der Waals surface area contributed by atoms with Gasteiger partial charge in [-0.15, -0.1) is 0 Å². The lowest BCUT2D eigenvalue weighted by Gasteiger charge is -1.98. The van der Waals surface area contributed by atoms with Gasteiger partial charge in [0.1, 0.15) is 0 Å². The molecule has 0 unspecified atom stereocenters. The van der Waals surface area contributed by atoms with Crippen molar-refractivity contribution in [2.24, 2.45) is 0 Å². The monoisotopic (exact) mass is 228 g/mol. The van der Waals surface area contributed by atoms with Crippen LogP contribution in [0, 0.1) is 3.57 Å². The SMILES string of the molecule is Ic1cccc2c1=CC=2. The summed E-state index contributed by atoms with van der Waals surface area (Å²) in [5.74, 6) is 0. The summed E-state index contributed by atoms with van der Waals surface area (Å²) < 4.78 is 1.35. The molecule has 0 N–H and O–H groups in total. The number of halogens is 1. The Balaban J connectivity index is 2.97. The largest absolute Gasteiger partial charge is 0.0606 e. The van der Waals surface area contributed by atoms with Crippen molar-refractivity contribution < 1.29 is 0 Å². The van der Waals surface area contributed by atoms with Crippen molar-refractivity contribution in [3.63, 3.8) is 0 Å². The van der Waals surface area contributed by atoms with Crippen LogP contribution < -0.4 is 10.4 Å². The Morgan fingerprint density at radius 1 is 1.11 bits per heavy atom. The predicted octanol–water partition coefficient (Wildman–Crippen LogP) is 0.866. The van der Waals surface area contributed by atoms with Gasteiger partial charge in [-0.05, 0) is 39.1 Å². The molecule has 44 valence electrons. The smallest absolute Gasteiger partial charge is 0.0208 e. The molecule has 0 bridgehead atoms. The van der Waals surface area contributed by atoms with Gasteiger partial charge in [0.05, 0.1) is 0 Å². The van der Waals surface area contributed by atoms with Gasteiger partial charge in [0.15, 0.2) is 0 Å². The van der Waals surface area contributed by atoms with E-state index in [0.717, 1.165) is 0 Å². The summed E-state index contributed by atoms with van der Waals surface area (Å²) in [5.41, 5.74) is 0. The van der Waals surface area contributed by atoms with Gasteiger partial charge in [-0.2, -0.15) is 0 Å². The fourth-order valence-corrected chi connectivity index (χ4v) is 1.65. The second kappa shape index (κ2) is 1.84. The number of hydrogen-bond donors (Lipinski definition) is 0. The zero-order chi connectivity index (χ0) is 6.27. The van der Waals surface area contributed by atoms with Crippen LogP contribution in [0.15, 0.2) is 18.2 Å². The van der Waals surface area contributed by atoms with Crippen LogP contribution in [0.4, 0.5) is 0 Å². The quantitative estimate of drug-likeness (QED) is 0.578. The Bertz CT molecular complexity index is 349. The highest BCUT2D eigenvalue weighted by molar-refractivity contribution is 14.1. The van der Waals surface area contributed by atoms with Crippen LogP contribution in [0.3, 0.4) is 0 Å². The summed E-state index contributed by atoms with van der Waals surface area (Å²) in [6.07, 6.45) is 4.29. The Morgan fingerprint density at radius 3 is 2.44 bits per heavy atom. The summed E-state index contributed by atoms with van der Waals surface area (Å²) in [6.45, 7) is 0. The number of benzene rings is 1. The molecule has 0 fully saturated rings. The first kappa shape index (κ1) is 5.47. The fraction of sp³-hybridized carbons (Fsp3) is 0. The van der Waals surface area contributed by atoms with Crippen molar-refractivity contribution in [3.8, 4) is 0 Å². The first-order valence-electron chi connectivity index (χ1n) is 2.84. The lowest BCUT2D eigenvalue weighted by Crippen LogP contribution is -2.32. The average Bonchev–Trinajstić information content (AvgIpc) is 1.74. The molecular formula is C8H5I. The van der Waals surface area contributed by atoms with E-state index >= 15 is 0 Å². The molecule has 0 saturated carbocycles. The molecule has 0 spiro atoms. The van der Waals surface area contributed by atoms with Crippen LogP contribution in [0.25, 0.3) is 12.2 Å². The van der Waals surface area contributed by atoms with E-state index in [4.69, 9.17) is 0 Å². The van der Waals surface area contributed by atoms with Crippen molar-refractivity contribution >= 4 is 34.7 Å². The van der Waals surface area contributed by atoms with Crippen molar-refractivity contribution in [2.45, 2.75) is 0 Å². The van der Waals surface area contributed by atoms with E-state index in [1.54, 1.807) is 0 Å². The molecule has 1 heteroatoms. The molecule has 0 aliphatic heterocycles. The molecule has 0 heterocycles. The van der Waals surface area contributed by atoms with Crippen molar-refractivity contribution in [1.82, 2.24) is 0 Å². The van der Waals surface area contributed by atoms with Gasteiger partial charge in [0, 0.05) is 3.57 Å². The first-order valence-corrected chi connectivity index (χ1v) is 3.92. The van der Waals surface area contributed by atoms with E-state index in [9.17, 15) is 0 Å². The highest BCUT2D eigenvalue weighted by Gasteiger charge is 1.94. The number of fused-ring (bicyclic) bond motifs is 1. The molecule has 9 heavy (non-hydrogen) atoms. The van der Waals surface area contributed by atoms with Crippen LogP contribution in [0.5, 0.6) is 0 Å². The maximum absolute atomic E-state index is 2.35. The molecule has 0 saturated heterocycles. The molecule has 0 atom stereocenters. The van der Waals surface area contributed by atoms with Crippen LogP contribution >= 0.6 is 22.6 Å². The zero-order valence-electron chi connectivity index (χ0n) is 4.76. The second-order valence-corrected chi connectivity index (χ2v) is 3.24. The minimum absolute atomic E-state index is 1.35. The summed E-state index contributed by atoms with van der Waals surface area (Å²) in [4.78, 5) is 0. The van der Waals surface area contributed by atoms with Crippen molar-refractivity contribution in [2.75, 3.05) is 0 Å². The molecule has 1 aliphatic carbocycles. The Kier molecular flexibility index (Phi) is 1.12. The van der Waals surface area contributed by atoms with Gasteiger partial charge in [-0.1, -0.05) is 24.3 Å². The lowest BCUT2D eigenvalue weighted by molar-refractivity contribution is 1.45. The molecule has 0 nitrogen and oxygen atoms in total. The van der Waals surface area contributed by atoms with Gasteiger partial charge >= 0.3 is 0 Å². The van der Waals surface area contributed by atoms with E-state index < -0.39 is 0 Å². The van der Waals surface area contributed by atoms with Crippen molar-refractivity contribution in [1.29, 1.82) is 0 Å². The highest BCUT2D eigenvalue weighted by Crippen LogP contribution is 1.95. The Hall–Kier alpha value is -0.310. The fourth-order valence-electron chi connectivity index (χ4n) is 0.952. The van der Waals surface area contributed by atoms with Gasteiger partial charge in [-0.25, -0.2) is 0 Å². The normalized spacial score (nSPS) is 12.6. The average molecular weight is 228 g/mol. The van der Waals surface area contributed by atoms with E-state index in [0.29, 0.717) is 0 Å². The van der Waals surface area contributed by atoms with E-state index in [-0.39, 0.29) is 0 Å². The molecule has 2 rings (SSSR count). The maximum Gasteiger partial charge on any atom is 0.0208 e. The van der Waals surface area contributed by atoms with E-state index in [1.165, 1.54) is 14.0 Å². The molecule has 1 aromatic rings. The third-order valence-corrected chi connectivity index (χ3v) is 2.46. The minimum Gasteiger partial charge on any atom is -0.0606 e. The van der Waals surface area contributed by atoms with Gasteiger partial charge in [0.25, 0.3) is 0 Å². The number of rotatable bonds is 0. The standard InChI is InChI=1S/C8H5I/c9-8-3-1-2-6-4-5-7(6)8/h1-5H. The maximum atomic E-state index is 2.35. The molecule has 0 amide bonds. The number of hydrogen-bond acceptors (Lipinski definition) is 0. The molecule has 1 aliphatic rings. The Labute approximate surface area is 67.0 Å². The third kappa shape index (κ3) is 0.713. The summed E-state index contributed by atoms with van der Waals surface area (Å²) in [7, 11) is 0. The van der Waals surface area contributed by atoms with Gasteiger partial charge < -0.3 is 0 Å². The van der Waals surface area contributed by atoms with Gasteiger partial charge in [0.2, 0.25) is 0 Å². The van der Waals surface area contributed by atoms with Crippen LogP contribution in [0.1, 0.15) is 0 Å². The third-order valence-electron chi connectivity index (χ3n) is 1.52. The zero-order valence-corrected chi connectivity index (χ0v) is 6.92. The highest BCUT2D eigenvalue weighted by atomic mass is 127. The topological polar surface area (TPSA) is 0 Å². The van der Waals surface area contributed by atoms with E-state index in [1.807, 2.05) is 0 Å². The Morgan fingerprint density at radius 2 is 2.00 bits per heavy atom. The molecule has 0 radical (unpaired) electrons. The summed E-state index contributed by atoms with van der Waals surface area (Å²) in [6, 6.07) is 6.35. The second-order valence-electron chi connectivity index (χ2n) is 2.08. The van der Waals surface area contributed by atoms with Crippen LogP contribution in [-0.4, -0.2) is 0 Å². The van der Waals surface area contributed by atoms with Crippen LogP contribution in [-0.2, 0) is 0 Å². The first-order chi connectivity index (χ1) is 4.38. The van der Waals surface area contributed by atoms with Crippen LogP contribution in [0.2, 0.25) is 0 Å². The molecular weight excluding hydrogens is 223 g/mol. The lowest BCUT2D eigenvalue weighted by atomic mass is 10.1. The molecule has 0 aromatic heterocycles. The van der Waals surface area contributed by atoms with E-state index in [2.05, 4.69) is 52.9 Å².